The molecule has 0 spiro atoms. The summed E-state index contributed by atoms with van der Waals surface area (Å²) in [5.74, 6) is -8.77. The van der Waals surface area contributed by atoms with Crippen LogP contribution in [0.1, 0.15) is 156 Å². The van der Waals surface area contributed by atoms with Gasteiger partial charge in [-0.15, -0.1) is 0 Å². The molecule has 2 aromatic carbocycles. The molecule has 2 aromatic rings. The maximum atomic E-state index is 15.0. The molecule has 33 nitrogen and oxygen atoms in total. The fourth-order valence-electron chi connectivity index (χ4n) is 13.6. The van der Waals surface area contributed by atoms with Gasteiger partial charge in [-0.3, -0.25) is 57.7 Å². The van der Waals surface area contributed by atoms with Gasteiger partial charge in [0.25, 0.3) is 11.8 Å². The minimum atomic E-state index is -2.07. The topological polar surface area (TPSA) is 447 Å². The van der Waals surface area contributed by atoms with Crippen LogP contribution in [0.3, 0.4) is 0 Å². The number of likely N-dealkylation sites (N-methyl/N-ethyl adjacent to an activating group) is 2. The van der Waals surface area contributed by atoms with Crippen LogP contribution in [0.25, 0.3) is 0 Å². The lowest BCUT2D eigenvalue weighted by molar-refractivity contribution is -0.271. The maximum Gasteiger partial charge on any atom is 0.410 e. The normalized spacial score (nSPS) is 20.5. The number of aliphatic carboxylic acids is 1. The van der Waals surface area contributed by atoms with E-state index in [0.717, 1.165) is 9.80 Å². The molecule has 2 fully saturated rings. The van der Waals surface area contributed by atoms with Crippen LogP contribution in [0, 0.1) is 23.7 Å². The van der Waals surface area contributed by atoms with Crippen LogP contribution in [-0.2, 0) is 83.0 Å². The number of likely N-dealkylation sites (tertiary alicyclic amines) is 1. The highest BCUT2D eigenvalue weighted by atomic mass is 16.7. The number of amides is 11. The Morgan fingerprint density at radius 2 is 1.39 bits per heavy atom. The number of imide groups is 1. The highest BCUT2D eigenvalue weighted by molar-refractivity contribution is 6.12. The molecule has 3 aliphatic heterocycles. The number of aliphatic hydroxyl groups excluding tert-OH is 4. The molecule has 3 aliphatic rings. The molecule has 109 heavy (non-hydrogen) atoms. The molecule has 0 radical (unpaired) electrons. The van der Waals surface area contributed by atoms with E-state index in [1.807, 2.05) is 19.9 Å². The lowest BCUT2D eigenvalue weighted by Crippen LogP contribution is -2.61. The molecule has 11 amide bonds. The van der Waals surface area contributed by atoms with Crippen molar-refractivity contribution < 1.29 is 111 Å². The zero-order valence-electron chi connectivity index (χ0n) is 65.0. The number of rotatable bonds is 45. The van der Waals surface area contributed by atoms with E-state index in [1.54, 1.807) is 77.8 Å². The standard InChI is InChI=1S/C76H116N10O23/c1-14-45(6)63(54(105-12)41-60(92)85-38-23-27-52(85)68(106-13)46(7)70(97)79-47(8)64(93)49-24-17-15-18-25-49)83(9)73(100)61(43(2)3)82-72(99)62(44(4)5)84(10)76(103)107-42-48-29-30-53(108-75-67(96)65(94)66(95)69(109-75)74(101)102)51(40-48)81-57(89)33-36-78-71(98)50(26-20-21-35-77-55(87)34-39-104-11)80-56(88)28-19-16-22-37-86-58(90)31-32-59(86)91/h15,17-18,24-25,29-32,40,43-47,50,52,54,61-69,75,93-96H,14,16,19-23,26-28,33-39,41-42H2,1-13H3,(H,77,87)(H,78,98)(H,79,97)(H,80,88)(H,81,89)(H,82,99)(H,101,102)/t45-,46+,47+,50-,52-,54+,61-,62-,63-,64+,65-,66-,67+,68+,69-,75+/m0/s1. The van der Waals surface area contributed by atoms with Crippen molar-refractivity contribution in [2.75, 3.05) is 73.5 Å². The Kier molecular flexibility index (Phi) is 37.4. The summed E-state index contributed by atoms with van der Waals surface area (Å²) in [5.41, 5.74) is 0.655. The third kappa shape index (κ3) is 26.5. The highest BCUT2D eigenvalue weighted by Gasteiger charge is 2.49. The highest BCUT2D eigenvalue weighted by Crippen LogP contribution is 2.34. The Morgan fingerprint density at radius 3 is 2.02 bits per heavy atom. The minimum Gasteiger partial charge on any atom is -0.479 e. The zero-order chi connectivity index (χ0) is 80.9. The molecule has 33 heteroatoms. The van der Waals surface area contributed by atoms with Crippen molar-refractivity contribution in [1.82, 2.24) is 46.2 Å². The van der Waals surface area contributed by atoms with Gasteiger partial charge in [0.2, 0.25) is 53.5 Å². The van der Waals surface area contributed by atoms with Crippen LogP contribution in [0.15, 0.2) is 60.7 Å². The van der Waals surface area contributed by atoms with Gasteiger partial charge in [0.05, 0.1) is 61.1 Å². The number of nitrogens with one attached hydrogen (secondary N) is 6. The molecule has 0 bridgehead atoms. The molecule has 16 atom stereocenters. The van der Waals surface area contributed by atoms with Crippen molar-refractivity contribution in [3.05, 3.63) is 71.8 Å². The molecule has 608 valence electrons. The number of nitrogens with zero attached hydrogens (tertiary/aromatic N) is 4. The second kappa shape index (κ2) is 44.8. The largest absolute Gasteiger partial charge is 0.479 e. The lowest BCUT2D eigenvalue weighted by Gasteiger charge is -2.41. The van der Waals surface area contributed by atoms with Gasteiger partial charge in [-0.25, -0.2) is 9.59 Å². The Morgan fingerprint density at radius 1 is 0.706 bits per heavy atom. The van der Waals surface area contributed by atoms with E-state index in [9.17, 15) is 83.1 Å². The molecular formula is C76H116N10O23. The lowest BCUT2D eigenvalue weighted by atomic mass is 9.89. The molecule has 0 saturated carbocycles. The number of carbonyl (C=O) groups is 12. The second-order valence-corrected chi connectivity index (χ2v) is 28.8. The molecule has 5 rings (SSSR count). The summed E-state index contributed by atoms with van der Waals surface area (Å²) in [5, 5.41) is 69.3. The van der Waals surface area contributed by atoms with E-state index < -0.39 is 169 Å². The quantitative estimate of drug-likeness (QED) is 0.0335. The summed E-state index contributed by atoms with van der Waals surface area (Å²) >= 11 is 0. The molecule has 0 unspecified atom stereocenters. The molecule has 0 aliphatic carbocycles. The van der Waals surface area contributed by atoms with Crippen LogP contribution in [0.4, 0.5) is 10.5 Å². The van der Waals surface area contributed by atoms with Crippen LogP contribution in [0.2, 0.25) is 0 Å². The van der Waals surface area contributed by atoms with Gasteiger partial charge in [0.15, 0.2) is 6.10 Å². The van der Waals surface area contributed by atoms with Gasteiger partial charge in [-0.05, 0) is 92.9 Å². The van der Waals surface area contributed by atoms with Crippen molar-refractivity contribution >= 4 is 76.8 Å². The third-order valence-electron chi connectivity index (χ3n) is 20.1. The van der Waals surface area contributed by atoms with E-state index in [2.05, 4.69) is 31.9 Å². The second-order valence-electron chi connectivity index (χ2n) is 28.8. The summed E-state index contributed by atoms with van der Waals surface area (Å²) < 4.78 is 34.0. The average Bonchev–Trinajstić information content (AvgIpc) is 1.01. The first-order valence-electron chi connectivity index (χ1n) is 37.4. The van der Waals surface area contributed by atoms with E-state index in [1.165, 1.54) is 63.6 Å². The summed E-state index contributed by atoms with van der Waals surface area (Å²) in [6.07, 6.45) is -7.67. The Bertz CT molecular complexity index is 3380. The van der Waals surface area contributed by atoms with Gasteiger partial charge < -0.3 is 95.7 Å². The van der Waals surface area contributed by atoms with Gasteiger partial charge in [-0.2, -0.15) is 0 Å². The monoisotopic (exact) mass is 1540 g/mol. The number of carboxylic acid groups (broad SMARTS) is 1. The number of benzene rings is 2. The molecule has 0 aromatic heterocycles. The Hall–Kier alpha value is -8.70. The fraction of sp³-hybridized carbons (Fsp3) is 0.658. The molecule has 11 N–H and O–H groups in total. The first-order valence-corrected chi connectivity index (χ1v) is 37.4. The first kappa shape index (κ1) is 90.9. The number of carboxylic acids is 1. The van der Waals surface area contributed by atoms with Crippen LogP contribution < -0.4 is 36.6 Å². The Labute approximate surface area is 637 Å². The number of hydrogen-bond acceptors (Lipinski definition) is 22. The fourth-order valence-corrected chi connectivity index (χ4v) is 13.6. The number of carbonyl (C=O) groups excluding carboxylic acids is 11. The van der Waals surface area contributed by atoms with Crippen molar-refractivity contribution in [3.8, 4) is 5.75 Å². The third-order valence-corrected chi connectivity index (χ3v) is 20.1. The van der Waals surface area contributed by atoms with Crippen LogP contribution in [0.5, 0.6) is 5.75 Å². The van der Waals surface area contributed by atoms with E-state index in [-0.39, 0.29) is 92.6 Å². The smallest absolute Gasteiger partial charge is 0.410 e. The van der Waals surface area contributed by atoms with Gasteiger partial charge >= 0.3 is 12.1 Å². The predicted octanol–water partition coefficient (Wildman–Crippen LogP) is 2.59. The molecule has 2 saturated heterocycles. The average molecular weight is 1540 g/mol. The van der Waals surface area contributed by atoms with Crippen molar-refractivity contribution in [1.29, 1.82) is 0 Å². The Balaban J connectivity index is 1.27. The maximum absolute atomic E-state index is 15.0. The van der Waals surface area contributed by atoms with Crippen LogP contribution >= 0.6 is 0 Å². The number of methoxy groups -OCH3 is 3. The molecular weight excluding hydrogens is 1420 g/mol. The SMILES string of the molecule is CC[C@H](C)[C@@H]([C@@H](CC(=O)N1CCC[C@H]1[C@H](OC)[C@@H](C)C(=O)N[C@H](C)[C@@H](O)c1ccccc1)OC)N(C)C(=O)[C@@H](NC(=O)[C@H](C(C)C)N(C)C(=O)OCc1ccc(O[C@@H]2O[C@H](C(=O)O)[C@@H](O)[C@H](O)[C@H]2O)c(NC(=O)CCNC(=O)[C@H](CCCCNC(=O)CCOC)NC(=O)CCCCCN2C(=O)C=CC2=O)c1)C(C)C. The molecule has 3 heterocycles. The number of hydrogen-bond donors (Lipinski definition) is 11. The zero-order valence-corrected chi connectivity index (χ0v) is 65.0. The number of ether oxygens (including phenoxy) is 6. The van der Waals surface area contributed by atoms with Crippen molar-refractivity contribution in [2.24, 2.45) is 23.7 Å². The summed E-state index contributed by atoms with van der Waals surface area (Å²) in [7, 11) is 7.35. The number of aliphatic hydroxyl groups is 4. The van der Waals surface area contributed by atoms with Gasteiger partial charge in [0.1, 0.15) is 48.8 Å². The van der Waals surface area contributed by atoms with Gasteiger partial charge in [0, 0.05) is 93.0 Å². The van der Waals surface area contributed by atoms with E-state index in [0.29, 0.717) is 63.5 Å². The summed E-state index contributed by atoms with van der Waals surface area (Å²) in [4.78, 5) is 166. The van der Waals surface area contributed by atoms with E-state index in [4.69, 9.17) is 28.4 Å². The van der Waals surface area contributed by atoms with Crippen molar-refractivity contribution in [3.63, 3.8) is 0 Å². The predicted molar refractivity (Wildman–Crippen MR) is 396 cm³/mol. The summed E-state index contributed by atoms with van der Waals surface area (Å²) in [6.45, 7) is 14.5. The van der Waals surface area contributed by atoms with Crippen molar-refractivity contribution in [2.45, 2.75) is 231 Å². The minimum absolute atomic E-state index is 0.0119. The number of anilines is 1. The van der Waals surface area contributed by atoms with Gasteiger partial charge in [-0.1, -0.05) is 97.7 Å². The van der Waals surface area contributed by atoms with E-state index >= 15 is 0 Å². The summed E-state index contributed by atoms with van der Waals surface area (Å²) in [6, 6.07) is 7.60. The first-order chi connectivity index (χ1) is 51.7. The van der Waals surface area contributed by atoms with Crippen LogP contribution in [-0.4, -0.2) is 264 Å². The number of unbranched alkanes of at least 4 members (excludes halogenated alkanes) is 3.